The molecular weight excluding hydrogens is 292 g/mol. The number of alkyl halides is 3. The molecule has 4 nitrogen and oxygen atoms in total. The van der Waals surface area contributed by atoms with Crippen LogP contribution in [0.4, 0.5) is 23.2 Å². The van der Waals surface area contributed by atoms with Crippen LogP contribution < -0.4 is 10.1 Å². The zero-order chi connectivity index (χ0) is 15.5. The normalized spacial score (nSPS) is 11.0. The fraction of sp³-hybridized carbons (Fsp3) is 0.0769. The number of benzene rings is 1. The Balaban J connectivity index is 2.05. The molecule has 0 bridgehead atoms. The maximum atomic E-state index is 12.9. The van der Waals surface area contributed by atoms with E-state index in [2.05, 4.69) is 15.0 Å². The number of nitrogens with one attached hydrogen (secondary N) is 1. The van der Waals surface area contributed by atoms with Gasteiger partial charge in [-0.1, -0.05) is 6.07 Å². The fourth-order valence-corrected chi connectivity index (χ4v) is 1.47. The third-order valence-electron chi connectivity index (χ3n) is 2.29. The van der Waals surface area contributed by atoms with Crippen LogP contribution in [-0.4, -0.2) is 17.3 Å². The Morgan fingerprint density at radius 3 is 2.33 bits per heavy atom. The molecule has 0 atom stereocenters. The Labute approximate surface area is 116 Å². The molecule has 0 fully saturated rings. The van der Waals surface area contributed by atoms with Crippen LogP contribution in [0.5, 0.6) is 5.75 Å². The quantitative estimate of drug-likeness (QED) is 0.698. The van der Waals surface area contributed by atoms with E-state index in [1.165, 1.54) is 24.3 Å². The molecule has 0 saturated heterocycles. The highest BCUT2D eigenvalue weighted by Gasteiger charge is 2.30. The standard InChI is InChI=1S/C13H8F4N2O2/c14-11-3-1-2-10(19-11)12(20)18-8-4-6-9(7-5-8)21-13(15,16)17/h1-7H,(H,18,20). The van der Waals surface area contributed by atoms with Crippen LogP contribution >= 0.6 is 0 Å². The van der Waals surface area contributed by atoms with E-state index in [9.17, 15) is 22.4 Å². The molecule has 1 amide bonds. The van der Waals surface area contributed by atoms with Crippen LogP contribution in [0.3, 0.4) is 0 Å². The molecule has 0 unspecified atom stereocenters. The van der Waals surface area contributed by atoms with Crippen LogP contribution in [0, 0.1) is 5.95 Å². The smallest absolute Gasteiger partial charge is 0.406 e. The van der Waals surface area contributed by atoms with Crippen molar-refractivity contribution in [3.05, 3.63) is 54.1 Å². The number of hydrogen-bond donors (Lipinski definition) is 1. The molecule has 0 aliphatic rings. The van der Waals surface area contributed by atoms with E-state index in [4.69, 9.17) is 0 Å². The number of nitrogens with zero attached hydrogens (tertiary/aromatic N) is 1. The molecule has 0 saturated carbocycles. The molecule has 21 heavy (non-hydrogen) atoms. The average Bonchev–Trinajstić information content (AvgIpc) is 2.39. The lowest BCUT2D eigenvalue weighted by molar-refractivity contribution is -0.274. The van der Waals surface area contributed by atoms with E-state index < -0.39 is 24.0 Å². The van der Waals surface area contributed by atoms with Crippen LogP contribution in [0.15, 0.2) is 42.5 Å². The van der Waals surface area contributed by atoms with Crippen molar-refractivity contribution in [1.29, 1.82) is 0 Å². The Morgan fingerprint density at radius 2 is 1.76 bits per heavy atom. The molecule has 110 valence electrons. The Kier molecular flexibility index (Phi) is 4.06. The molecule has 2 rings (SSSR count). The largest absolute Gasteiger partial charge is 0.573 e. The third-order valence-corrected chi connectivity index (χ3v) is 2.29. The number of hydrogen-bond acceptors (Lipinski definition) is 3. The number of aromatic nitrogens is 1. The van der Waals surface area contributed by atoms with Gasteiger partial charge in [0.25, 0.3) is 5.91 Å². The van der Waals surface area contributed by atoms with Crippen LogP contribution in [0.1, 0.15) is 10.5 Å². The lowest BCUT2D eigenvalue weighted by atomic mass is 10.3. The number of halogens is 4. The van der Waals surface area contributed by atoms with Crippen molar-refractivity contribution in [3.63, 3.8) is 0 Å². The van der Waals surface area contributed by atoms with Gasteiger partial charge in [0.1, 0.15) is 11.4 Å². The molecule has 1 aromatic heterocycles. The SMILES string of the molecule is O=C(Nc1ccc(OC(F)(F)F)cc1)c1cccc(F)n1. The second kappa shape index (κ2) is 5.78. The summed E-state index contributed by atoms with van der Waals surface area (Å²) in [5, 5.41) is 2.37. The van der Waals surface area contributed by atoms with Crippen molar-refractivity contribution in [1.82, 2.24) is 4.98 Å². The predicted octanol–water partition coefficient (Wildman–Crippen LogP) is 3.37. The van der Waals surface area contributed by atoms with Crippen LogP contribution in [0.2, 0.25) is 0 Å². The number of carbonyl (C=O) groups is 1. The molecule has 1 N–H and O–H groups in total. The first kappa shape index (κ1) is 14.8. The summed E-state index contributed by atoms with van der Waals surface area (Å²) in [7, 11) is 0. The predicted molar refractivity (Wildman–Crippen MR) is 65.3 cm³/mol. The Hall–Kier alpha value is -2.64. The Bertz CT molecular complexity index is 641. The summed E-state index contributed by atoms with van der Waals surface area (Å²) in [5.74, 6) is -1.90. The number of ether oxygens (including phenoxy) is 1. The summed E-state index contributed by atoms with van der Waals surface area (Å²) in [6.45, 7) is 0. The van der Waals surface area contributed by atoms with Crippen molar-refractivity contribution in [2.75, 3.05) is 5.32 Å². The van der Waals surface area contributed by atoms with Crippen LogP contribution in [-0.2, 0) is 0 Å². The van der Waals surface area contributed by atoms with Crippen LogP contribution in [0.25, 0.3) is 0 Å². The Morgan fingerprint density at radius 1 is 1.10 bits per heavy atom. The zero-order valence-electron chi connectivity index (χ0n) is 10.3. The number of rotatable bonds is 3. The van der Waals surface area contributed by atoms with Gasteiger partial charge in [0.2, 0.25) is 5.95 Å². The molecule has 0 spiro atoms. The summed E-state index contributed by atoms with van der Waals surface area (Å²) >= 11 is 0. The van der Waals surface area contributed by atoms with Crippen molar-refractivity contribution < 1.29 is 27.1 Å². The summed E-state index contributed by atoms with van der Waals surface area (Å²) < 4.78 is 52.5. The van der Waals surface area contributed by atoms with E-state index in [-0.39, 0.29) is 11.4 Å². The van der Waals surface area contributed by atoms with E-state index in [0.717, 1.165) is 18.2 Å². The summed E-state index contributed by atoms with van der Waals surface area (Å²) in [6, 6.07) is 8.23. The maximum absolute atomic E-state index is 12.9. The van der Waals surface area contributed by atoms with Crippen molar-refractivity contribution in [2.45, 2.75) is 6.36 Å². The second-order valence-electron chi connectivity index (χ2n) is 3.87. The van der Waals surface area contributed by atoms with E-state index in [0.29, 0.717) is 0 Å². The molecule has 1 heterocycles. The van der Waals surface area contributed by atoms with Crippen molar-refractivity contribution in [3.8, 4) is 5.75 Å². The minimum Gasteiger partial charge on any atom is -0.406 e. The first-order chi connectivity index (χ1) is 9.83. The topological polar surface area (TPSA) is 51.2 Å². The summed E-state index contributed by atoms with van der Waals surface area (Å²) in [4.78, 5) is 15.1. The number of carbonyl (C=O) groups excluding carboxylic acids is 1. The highest BCUT2D eigenvalue weighted by Crippen LogP contribution is 2.24. The molecule has 0 radical (unpaired) electrons. The lowest BCUT2D eigenvalue weighted by Gasteiger charge is -2.09. The molecular formula is C13H8F4N2O2. The lowest BCUT2D eigenvalue weighted by Crippen LogP contribution is -2.17. The van der Waals surface area contributed by atoms with Gasteiger partial charge in [0.05, 0.1) is 0 Å². The molecule has 2 aromatic rings. The third kappa shape index (κ3) is 4.44. The summed E-state index contributed by atoms with van der Waals surface area (Å²) in [6.07, 6.45) is -4.78. The highest BCUT2D eigenvalue weighted by atomic mass is 19.4. The fourth-order valence-electron chi connectivity index (χ4n) is 1.47. The zero-order valence-corrected chi connectivity index (χ0v) is 10.3. The first-order valence-corrected chi connectivity index (χ1v) is 5.63. The van der Waals surface area contributed by atoms with E-state index in [1.807, 2.05) is 0 Å². The van der Waals surface area contributed by atoms with Gasteiger partial charge < -0.3 is 10.1 Å². The highest BCUT2D eigenvalue weighted by molar-refractivity contribution is 6.02. The molecule has 0 aliphatic heterocycles. The maximum Gasteiger partial charge on any atom is 0.573 e. The van der Waals surface area contributed by atoms with Gasteiger partial charge in [-0.3, -0.25) is 4.79 Å². The van der Waals surface area contributed by atoms with Gasteiger partial charge in [-0.15, -0.1) is 13.2 Å². The van der Waals surface area contributed by atoms with Gasteiger partial charge >= 0.3 is 6.36 Å². The van der Waals surface area contributed by atoms with E-state index >= 15 is 0 Å². The minimum absolute atomic E-state index is 0.148. The van der Waals surface area contributed by atoms with Gasteiger partial charge in [-0.05, 0) is 36.4 Å². The number of amides is 1. The van der Waals surface area contributed by atoms with E-state index in [1.54, 1.807) is 0 Å². The number of anilines is 1. The van der Waals surface area contributed by atoms with Gasteiger partial charge in [0.15, 0.2) is 0 Å². The van der Waals surface area contributed by atoms with Crippen molar-refractivity contribution in [2.24, 2.45) is 0 Å². The van der Waals surface area contributed by atoms with Gasteiger partial charge in [0, 0.05) is 5.69 Å². The summed E-state index contributed by atoms with van der Waals surface area (Å²) in [5.41, 5.74) is 0.0752. The second-order valence-corrected chi connectivity index (χ2v) is 3.87. The monoisotopic (exact) mass is 300 g/mol. The van der Waals surface area contributed by atoms with Gasteiger partial charge in [-0.2, -0.15) is 4.39 Å². The average molecular weight is 300 g/mol. The van der Waals surface area contributed by atoms with Crippen molar-refractivity contribution >= 4 is 11.6 Å². The van der Waals surface area contributed by atoms with Gasteiger partial charge in [-0.25, -0.2) is 4.98 Å². The first-order valence-electron chi connectivity index (χ1n) is 5.63. The number of pyridine rings is 1. The molecule has 1 aromatic carbocycles. The molecule has 0 aliphatic carbocycles. The minimum atomic E-state index is -4.78. The molecule has 8 heteroatoms.